The summed E-state index contributed by atoms with van der Waals surface area (Å²) in [5, 5.41) is 3.36. The summed E-state index contributed by atoms with van der Waals surface area (Å²) < 4.78 is 28.4. The molecule has 0 unspecified atom stereocenters. The number of alkyl halides is 2. The van der Waals surface area contributed by atoms with Gasteiger partial charge in [-0.2, -0.15) is 8.78 Å². The molecular weight excluding hydrogens is 224 g/mol. The molecule has 0 amide bonds. The van der Waals surface area contributed by atoms with Crippen LogP contribution in [0.2, 0.25) is 0 Å². The molecule has 1 aromatic rings. The number of hydrogen-bond donors (Lipinski definition) is 1. The largest absolute Gasteiger partial charge is 0.435 e. The molecule has 0 saturated carbocycles. The SMILES string of the molecule is CC1(C)CNC[C@@H]1c1ccc(OC(F)F)cc1. The topological polar surface area (TPSA) is 21.3 Å². The molecule has 1 saturated heterocycles. The number of hydrogen-bond acceptors (Lipinski definition) is 2. The Morgan fingerprint density at radius 2 is 1.94 bits per heavy atom. The van der Waals surface area contributed by atoms with Gasteiger partial charge in [0.1, 0.15) is 5.75 Å². The highest BCUT2D eigenvalue weighted by Crippen LogP contribution is 2.38. The van der Waals surface area contributed by atoms with Crippen LogP contribution < -0.4 is 10.1 Å². The molecule has 94 valence electrons. The monoisotopic (exact) mass is 241 g/mol. The summed E-state index contributed by atoms with van der Waals surface area (Å²) >= 11 is 0. The van der Waals surface area contributed by atoms with Gasteiger partial charge in [-0.05, 0) is 23.1 Å². The Morgan fingerprint density at radius 1 is 1.29 bits per heavy atom. The molecule has 1 N–H and O–H groups in total. The number of ether oxygens (including phenoxy) is 1. The van der Waals surface area contributed by atoms with Crippen LogP contribution in [0.15, 0.2) is 24.3 Å². The second-order valence-electron chi connectivity index (χ2n) is 5.12. The highest BCUT2D eigenvalue weighted by atomic mass is 19.3. The normalized spacial score (nSPS) is 23.0. The van der Waals surface area contributed by atoms with E-state index in [0.717, 1.165) is 13.1 Å². The molecule has 0 aliphatic carbocycles. The summed E-state index contributed by atoms with van der Waals surface area (Å²) in [5.74, 6) is 0.635. The van der Waals surface area contributed by atoms with E-state index >= 15 is 0 Å². The van der Waals surface area contributed by atoms with Crippen molar-refractivity contribution in [2.24, 2.45) is 5.41 Å². The van der Waals surface area contributed by atoms with Crippen LogP contribution in [-0.4, -0.2) is 19.7 Å². The first-order valence-electron chi connectivity index (χ1n) is 5.74. The van der Waals surface area contributed by atoms with E-state index in [0.29, 0.717) is 5.92 Å². The molecule has 0 spiro atoms. The molecule has 1 fully saturated rings. The van der Waals surface area contributed by atoms with Crippen molar-refractivity contribution < 1.29 is 13.5 Å². The second-order valence-corrected chi connectivity index (χ2v) is 5.12. The Labute approximate surface area is 100.0 Å². The molecular formula is C13H17F2NO. The van der Waals surface area contributed by atoms with E-state index < -0.39 is 6.61 Å². The minimum absolute atomic E-state index is 0.199. The number of benzene rings is 1. The van der Waals surface area contributed by atoms with Crippen LogP contribution in [0.5, 0.6) is 5.75 Å². The second kappa shape index (κ2) is 4.61. The Kier molecular flexibility index (Phi) is 3.33. The zero-order chi connectivity index (χ0) is 12.5. The molecule has 1 heterocycles. The molecule has 0 aromatic heterocycles. The van der Waals surface area contributed by atoms with Crippen molar-refractivity contribution in [1.82, 2.24) is 5.32 Å². The lowest BCUT2D eigenvalue weighted by Gasteiger charge is -2.26. The number of nitrogens with one attached hydrogen (secondary N) is 1. The van der Waals surface area contributed by atoms with Crippen molar-refractivity contribution in [2.45, 2.75) is 26.4 Å². The molecule has 2 nitrogen and oxygen atoms in total. The third-order valence-corrected chi connectivity index (χ3v) is 3.38. The highest BCUT2D eigenvalue weighted by Gasteiger charge is 2.35. The molecule has 17 heavy (non-hydrogen) atoms. The van der Waals surface area contributed by atoms with E-state index in [-0.39, 0.29) is 11.2 Å². The molecule has 1 atom stereocenters. The quantitative estimate of drug-likeness (QED) is 0.878. The number of halogens is 2. The van der Waals surface area contributed by atoms with E-state index in [4.69, 9.17) is 0 Å². The summed E-state index contributed by atoms with van der Waals surface area (Å²) in [6, 6.07) is 6.96. The van der Waals surface area contributed by atoms with Crippen molar-refractivity contribution in [2.75, 3.05) is 13.1 Å². The Bertz CT molecular complexity index is 376. The zero-order valence-electron chi connectivity index (χ0n) is 10.0. The minimum Gasteiger partial charge on any atom is -0.435 e. The third kappa shape index (κ3) is 2.75. The van der Waals surface area contributed by atoms with Gasteiger partial charge in [0.15, 0.2) is 0 Å². The first-order valence-corrected chi connectivity index (χ1v) is 5.74. The van der Waals surface area contributed by atoms with Crippen molar-refractivity contribution in [3.63, 3.8) is 0 Å². The van der Waals surface area contributed by atoms with Gasteiger partial charge in [-0.3, -0.25) is 0 Å². The van der Waals surface area contributed by atoms with E-state index in [2.05, 4.69) is 23.9 Å². The van der Waals surface area contributed by atoms with Crippen LogP contribution in [0, 0.1) is 5.41 Å². The van der Waals surface area contributed by atoms with Gasteiger partial charge in [-0.1, -0.05) is 26.0 Å². The van der Waals surface area contributed by atoms with Gasteiger partial charge < -0.3 is 10.1 Å². The van der Waals surface area contributed by atoms with Crippen LogP contribution in [0.4, 0.5) is 8.78 Å². The van der Waals surface area contributed by atoms with E-state index in [1.807, 2.05) is 12.1 Å². The Balaban J connectivity index is 2.12. The van der Waals surface area contributed by atoms with Gasteiger partial charge in [0.05, 0.1) is 0 Å². The summed E-state index contributed by atoms with van der Waals surface area (Å²) in [6.07, 6.45) is 0. The maximum absolute atomic E-state index is 12.0. The molecule has 1 aromatic carbocycles. The predicted molar refractivity (Wildman–Crippen MR) is 62.5 cm³/mol. The van der Waals surface area contributed by atoms with Crippen LogP contribution in [0.25, 0.3) is 0 Å². The molecule has 0 bridgehead atoms. The van der Waals surface area contributed by atoms with E-state index in [1.165, 1.54) is 5.56 Å². The maximum atomic E-state index is 12.0. The Hall–Kier alpha value is -1.16. The minimum atomic E-state index is -2.76. The summed E-state index contributed by atoms with van der Waals surface area (Å²) in [7, 11) is 0. The van der Waals surface area contributed by atoms with Crippen molar-refractivity contribution >= 4 is 0 Å². The lowest BCUT2D eigenvalue weighted by atomic mass is 9.78. The highest BCUT2D eigenvalue weighted by molar-refractivity contribution is 5.31. The van der Waals surface area contributed by atoms with Gasteiger partial charge >= 0.3 is 6.61 Å². The fourth-order valence-corrected chi connectivity index (χ4v) is 2.39. The van der Waals surface area contributed by atoms with E-state index in [9.17, 15) is 8.78 Å². The van der Waals surface area contributed by atoms with Gasteiger partial charge in [0.25, 0.3) is 0 Å². The molecule has 0 radical (unpaired) electrons. The standard InChI is InChI=1S/C13H17F2NO/c1-13(2)8-16-7-11(13)9-3-5-10(6-4-9)17-12(14)15/h3-6,11-12,16H,7-8H2,1-2H3/t11-/m1/s1. The summed E-state index contributed by atoms with van der Waals surface area (Å²) in [6.45, 7) is 3.57. The summed E-state index contributed by atoms with van der Waals surface area (Å²) in [4.78, 5) is 0. The molecule has 2 rings (SSSR count). The zero-order valence-corrected chi connectivity index (χ0v) is 10.0. The fourth-order valence-electron chi connectivity index (χ4n) is 2.39. The fraction of sp³-hybridized carbons (Fsp3) is 0.538. The van der Waals surface area contributed by atoms with Crippen molar-refractivity contribution in [3.8, 4) is 5.75 Å². The first kappa shape index (κ1) is 12.3. The summed E-state index contributed by atoms with van der Waals surface area (Å²) in [5.41, 5.74) is 1.37. The van der Waals surface area contributed by atoms with Gasteiger partial charge in [-0.25, -0.2) is 0 Å². The van der Waals surface area contributed by atoms with Crippen LogP contribution in [0.1, 0.15) is 25.3 Å². The smallest absolute Gasteiger partial charge is 0.387 e. The third-order valence-electron chi connectivity index (χ3n) is 3.38. The van der Waals surface area contributed by atoms with Crippen LogP contribution >= 0.6 is 0 Å². The van der Waals surface area contributed by atoms with E-state index in [1.54, 1.807) is 12.1 Å². The van der Waals surface area contributed by atoms with Crippen LogP contribution in [0.3, 0.4) is 0 Å². The van der Waals surface area contributed by atoms with Crippen molar-refractivity contribution in [3.05, 3.63) is 29.8 Å². The maximum Gasteiger partial charge on any atom is 0.387 e. The van der Waals surface area contributed by atoms with Gasteiger partial charge in [0, 0.05) is 19.0 Å². The molecule has 4 heteroatoms. The predicted octanol–water partition coefficient (Wildman–Crippen LogP) is 3.00. The van der Waals surface area contributed by atoms with Crippen molar-refractivity contribution in [1.29, 1.82) is 0 Å². The van der Waals surface area contributed by atoms with Gasteiger partial charge in [0.2, 0.25) is 0 Å². The average molecular weight is 241 g/mol. The first-order chi connectivity index (χ1) is 7.99. The van der Waals surface area contributed by atoms with Crippen LogP contribution in [-0.2, 0) is 0 Å². The lowest BCUT2D eigenvalue weighted by molar-refractivity contribution is -0.0498. The average Bonchev–Trinajstić information content (AvgIpc) is 2.58. The lowest BCUT2D eigenvalue weighted by Crippen LogP contribution is -2.20. The number of rotatable bonds is 3. The van der Waals surface area contributed by atoms with Gasteiger partial charge in [-0.15, -0.1) is 0 Å². The molecule has 1 aliphatic rings. The molecule has 1 aliphatic heterocycles. The Morgan fingerprint density at radius 3 is 2.41 bits per heavy atom.